The van der Waals surface area contributed by atoms with Gasteiger partial charge in [0.2, 0.25) is 0 Å². The molecular weight excluding hydrogens is 578 g/mol. The van der Waals surface area contributed by atoms with Crippen LogP contribution < -0.4 is 0 Å². The number of halogens is 2. The number of methoxy groups -OCH3 is 4. The SMILES string of the molecule is COCC(O)CCO.COCC(O)COCC(F)(F)CO.COCC(O)COCCCO.COCC(O)COCCO. The first-order chi connectivity index (χ1) is 19.9. The van der Waals surface area contributed by atoms with Gasteiger partial charge in [0, 0.05) is 48.3 Å². The lowest BCUT2D eigenvalue weighted by Crippen LogP contribution is -2.31. The number of ether oxygens (including phenoxy) is 7. The van der Waals surface area contributed by atoms with Gasteiger partial charge in [-0.05, 0) is 12.8 Å². The molecule has 42 heavy (non-hydrogen) atoms. The van der Waals surface area contributed by atoms with E-state index in [0.29, 0.717) is 32.7 Å². The maximum atomic E-state index is 12.3. The van der Waals surface area contributed by atoms with Gasteiger partial charge in [0.25, 0.3) is 5.92 Å². The van der Waals surface area contributed by atoms with Gasteiger partial charge >= 0.3 is 0 Å². The Morgan fingerprint density at radius 3 is 1.29 bits per heavy atom. The Hall–Kier alpha value is -0.740. The number of hydrogen-bond acceptors (Lipinski definition) is 15. The van der Waals surface area contributed by atoms with E-state index in [0.717, 1.165) is 0 Å². The van der Waals surface area contributed by atoms with Crippen LogP contribution in [-0.2, 0) is 33.2 Å². The molecule has 0 bridgehead atoms. The summed E-state index contributed by atoms with van der Waals surface area (Å²) in [5.74, 6) is -3.24. The van der Waals surface area contributed by atoms with Crippen molar-refractivity contribution in [3.8, 4) is 0 Å². The lowest BCUT2D eigenvalue weighted by atomic mass is 10.3. The predicted octanol–water partition coefficient (Wildman–Crippen LogP) is -2.59. The molecule has 0 fully saturated rings. The number of alkyl halides is 2. The molecule has 0 saturated carbocycles. The van der Waals surface area contributed by atoms with Crippen LogP contribution >= 0.6 is 0 Å². The molecule has 0 rings (SSSR count). The summed E-state index contributed by atoms with van der Waals surface area (Å²) in [6.07, 6.45) is -1.56. The maximum Gasteiger partial charge on any atom is 0.293 e. The van der Waals surface area contributed by atoms with E-state index < -0.39 is 43.6 Å². The van der Waals surface area contributed by atoms with Crippen LogP contribution in [-0.4, -0.2) is 192 Å². The van der Waals surface area contributed by atoms with E-state index in [-0.39, 0.29) is 59.5 Å². The van der Waals surface area contributed by atoms with Crippen molar-refractivity contribution in [1.82, 2.24) is 0 Å². The third-order valence-electron chi connectivity index (χ3n) is 4.06. The van der Waals surface area contributed by atoms with E-state index in [1.165, 1.54) is 28.4 Å². The monoisotopic (exact) mass is 634 g/mol. The summed E-state index contributed by atoms with van der Waals surface area (Å²) in [5, 5.41) is 68.7. The zero-order valence-corrected chi connectivity index (χ0v) is 25.3. The highest BCUT2D eigenvalue weighted by Gasteiger charge is 2.28. The van der Waals surface area contributed by atoms with E-state index >= 15 is 0 Å². The number of aliphatic hydroxyl groups excluding tert-OH is 8. The van der Waals surface area contributed by atoms with Gasteiger partial charge in [0.05, 0.1) is 65.6 Å². The fourth-order valence-electron chi connectivity index (χ4n) is 2.21. The molecule has 0 aliphatic rings. The minimum Gasteiger partial charge on any atom is -0.396 e. The smallest absolute Gasteiger partial charge is 0.293 e. The van der Waals surface area contributed by atoms with Gasteiger partial charge in [-0.1, -0.05) is 0 Å². The first-order valence-corrected chi connectivity index (χ1v) is 13.2. The summed E-state index contributed by atoms with van der Waals surface area (Å²) < 4.78 is 57.3. The minimum atomic E-state index is -3.24. The molecule has 8 N–H and O–H groups in total. The van der Waals surface area contributed by atoms with Crippen molar-refractivity contribution in [2.45, 2.75) is 43.2 Å². The van der Waals surface area contributed by atoms with Gasteiger partial charge in [0.15, 0.2) is 0 Å². The van der Waals surface area contributed by atoms with Crippen LogP contribution in [0.5, 0.6) is 0 Å². The molecule has 0 amide bonds. The zero-order chi connectivity index (χ0) is 33.1. The Balaban J connectivity index is -0.000000232. The van der Waals surface area contributed by atoms with Crippen LogP contribution in [0.2, 0.25) is 0 Å². The Kier molecular flexibility index (Phi) is 43.9. The summed E-state index contributed by atoms with van der Waals surface area (Å²) in [7, 11) is 5.93. The number of hydrogen-bond donors (Lipinski definition) is 8. The second-order valence-electron chi connectivity index (χ2n) is 8.43. The van der Waals surface area contributed by atoms with Crippen LogP contribution in [0.4, 0.5) is 8.78 Å². The molecule has 17 heteroatoms. The van der Waals surface area contributed by atoms with E-state index in [1.807, 2.05) is 0 Å². The summed E-state index contributed by atoms with van der Waals surface area (Å²) in [6.45, 7) is -0.123. The molecule has 0 aromatic carbocycles. The Labute approximate surface area is 247 Å². The summed E-state index contributed by atoms with van der Waals surface area (Å²) in [4.78, 5) is 0. The Morgan fingerprint density at radius 2 is 0.929 bits per heavy atom. The average molecular weight is 635 g/mol. The van der Waals surface area contributed by atoms with Gasteiger partial charge in [-0.3, -0.25) is 0 Å². The topological polar surface area (TPSA) is 226 Å². The lowest BCUT2D eigenvalue weighted by Gasteiger charge is -2.15. The molecule has 0 radical (unpaired) electrons. The van der Waals surface area contributed by atoms with Crippen molar-refractivity contribution in [2.75, 3.05) is 121 Å². The molecule has 0 aliphatic heterocycles. The second-order valence-corrected chi connectivity index (χ2v) is 8.43. The molecule has 0 spiro atoms. The third kappa shape index (κ3) is 46.2. The van der Waals surface area contributed by atoms with Crippen LogP contribution in [0.25, 0.3) is 0 Å². The zero-order valence-electron chi connectivity index (χ0n) is 25.3. The van der Waals surface area contributed by atoms with Crippen LogP contribution in [0.1, 0.15) is 12.8 Å². The fourth-order valence-corrected chi connectivity index (χ4v) is 2.21. The van der Waals surface area contributed by atoms with Crippen molar-refractivity contribution in [3.05, 3.63) is 0 Å². The summed E-state index contributed by atoms with van der Waals surface area (Å²) in [6, 6.07) is 0. The van der Waals surface area contributed by atoms with Crippen LogP contribution in [0.15, 0.2) is 0 Å². The first-order valence-electron chi connectivity index (χ1n) is 13.2. The summed E-state index contributed by atoms with van der Waals surface area (Å²) in [5.41, 5.74) is 0. The molecule has 4 atom stereocenters. The van der Waals surface area contributed by atoms with Gasteiger partial charge in [-0.2, -0.15) is 0 Å². The predicted molar refractivity (Wildman–Crippen MR) is 147 cm³/mol. The van der Waals surface area contributed by atoms with Crippen molar-refractivity contribution in [1.29, 1.82) is 0 Å². The van der Waals surface area contributed by atoms with Gasteiger partial charge in [0.1, 0.15) is 31.5 Å². The largest absolute Gasteiger partial charge is 0.396 e. The molecular formula is C25H56F2O15. The first kappa shape index (κ1) is 48.2. The molecule has 0 saturated heterocycles. The number of rotatable bonds is 24. The quantitative estimate of drug-likeness (QED) is 0.0510. The van der Waals surface area contributed by atoms with Crippen LogP contribution in [0, 0.1) is 0 Å². The normalized spacial score (nSPS) is 13.9. The Bertz CT molecular complexity index is 479. The highest BCUT2D eigenvalue weighted by molar-refractivity contribution is 4.63. The van der Waals surface area contributed by atoms with E-state index in [2.05, 4.69) is 23.7 Å². The molecule has 15 nitrogen and oxygen atoms in total. The molecule has 0 aromatic heterocycles. The highest BCUT2D eigenvalue weighted by Crippen LogP contribution is 2.11. The highest BCUT2D eigenvalue weighted by atomic mass is 19.3. The molecule has 4 unspecified atom stereocenters. The van der Waals surface area contributed by atoms with E-state index in [1.54, 1.807) is 0 Å². The Morgan fingerprint density at radius 1 is 0.524 bits per heavy atom. The molecule has 0 aliphatic carbocycles. The van der Waals surface area contributed by atoms with Crippen molar-refractivity contribution in [3.63, 3.8) is 0 Å². The third-order valence-corrected chi connectivity index (χ3v) is 4.06. The standard InChI is InChI=1S/C7H14F2O4.C7H16O4.C6H14O4.C5H12O3/c1-12-2-6(11)3-13-5-7(8,9)4-10;1-10-5-7(9)6-11-4-2-3-8;1-9-4-6(8)5-10-3-2-7;1-8-4-5(7)2-3-6/h6,10-11H,2-5H2,1H3;7-9H,2-6H2,1H3;6-8H,2-5H2,1H3;5-7H,2-4H2,1H3. The summed E-state index contributed by atoms with van der Waals surface area (Å²) >= 11 is 0. The van der Waals surface area contributed by atoms with E-state index in [9.17, 15) is 8.78 Å². The van der Waals surface area contributed by atoms with Crippen molar-refractivity contribution in [2.24, 2.45) is 0 Å². The fraction of sp³-hybridized carbons (Fsp3) is 1.00. The molecule has 0 aromatic rings. The molecule has 260 valence electrons. The van der Waals surface area contributed by atoms with Gasteiger partial charge < -0.3 is 74.0 Å². The van der Waals surface area contributed by atoms with Crippen molar-refractivity contribution < 1.29 is 82.8 Å². The van der Waals surface area contributed by atoms with Gasteiger partial charge in [-0.25, -0.2) is 8.78 Å². The van der Waals surface area contributed by atoms with Crippen LogP contribution in [0.3, 0.4) is 0 Å². The maximum absolute atomic E-state index is 12.3. The minimum absolute atomic E-state index is 0.0142. The van der Waals surface area contributed by atoms with E-state index in [4.69, 9.17) is 50.3 Å². The van der Waals surface area contributed by atoms with Crippen molar-refractivity contribution >= 4 is 0 Å². The van der Waals surface area contributed by atoms with Gasteiger partial charge in [-0.15, -0.1) is 0 Å². The lowest BCUT2D eigenvalue weighted by molar-refractivity contribution is -0.120. The molecule has 0 heterocycles. The second kappa shape index (κ2) is 38.3. The average Bonchev–Trinajstić information content (AvgIpc) is 2.93. The number of aliphatic hydroxyl groups is 8.